The summed E-state index contributed by atoms with van der Waals surface area (Å²) < 4.78 is 0. The number of imide groups is 1. The van der Waals surface area contributed by atoms with Gasteiger partial charge in [-0.2, -0.15) is 0 Å². The minimum absolute atomic E-state index is 0.00113. The first-order chi connectivity index (χ1) is 11.7. The number of rotatable bonds is 7. The Bertz CT molecular complexity index is 631. The van der Waals surface area contributed by atoms with Gasteiger partial charge in [0.05, 0.1) is 7.05 Å². The van der Waals surface area contributed by atoms with Gasteiger partial charge in [0.15, 0.2) is 13.1 Å². The molecule has 0 saturated carbocycles. The van der Waals surface area contributed by atoms with E-state index in [-0.39, 0.29) is 25.0 Å². The Labute approximate surface area is 149 Å². The van der Waals surface area contributed by atoms with Crippen molar-refractivity contribution in [3.8, 4) is 0 Å². The van der Waals surface area contributed by atoms with Gasteiger partial charge in [-0.1, -0.05) is 19.1 Å². The van der Waals surface area contributed by atoms with Crippen molar-refractivity contribution in [2.24, 2.45) is 0 Å². The summed E-state index contributed by atoms with van der Waals surface area (Å²) in [6, 6.07) is 5.21. The van der Waals surface area contributed by atoms with Crippen LogP contribution in [0.5, 0.6) is 0 Å². The number of benzene rings is 1. The van der Waals surface area contributed by atoms with Crippen molar-refractivity contribution in [1.82, 2.24) is 10.6 Å². The molecule has 0 aliphatic heterocycles. The number of carbonyl (C=O) groups excluding carboxylic acids is 3. The van der Waals surface area contributed by atoms with Crippen LogP contribution in [0.2, 0.25) is 0 Å². The third kappa shape index (κ3) is 7.34. The second-order valence-corrected chi connectivity index (χ2v) is 6.44. The van der Waals surface area contributed by atoms with E-state index in [0.29, 0.717) is 4.90 Å². The van der Waals surface area contributed by atoms with Crippen molar-refractivity contribution >= 4 is 23.5 Å². The molecule has 4 N–H and O–H groups in total. The first kappa shape index (κ1) is 20.6. The van der Waals surface area contributed by atoms with Gasteiger partial charge in [-0.05, 0) is 44.4 Å². The Morgan fingerprint density at radius 3 is 2.40 bits per heavy atom. The number of urea groups is 1. The molecule has 0 aromatic heterocycles. The minimum atomic E-state index is -0.507. The van der Waals surface area contributed by atoms with E-state index in [0.717, 1.165) is 23.2 Å². The van der Waals surface area contributed by atoms with E-state index in [1.807, 2.05) is 45.9 Å². The van der Waals surface area contributed by atoms with Gasteiger partial charge in [0.1, 0.15) is 0 Å². The number of hydrogen-bond acceptors (Lipinski definition) is 3. The van der Waals surface area contributed by atoms with Crippen LogP contribution in [-0.2, 0) is 9.59 Å². The van der Waals surface area contributed by atoms with Crippen LogP contribution in [0, 0.1) is 13.8 Å². The molecule has 0 bridgehead atoms. The van der Waals surface area contributed by atoms with Gasteiger partial charge in [-0.3, -0.25) is 14.9 Å². The molecule has 0 heterocycles. The first-order valence-corrected chi connectivity index (χ1v) is 8.50. The van der Waals surface area contributed by atoms with Crippen LogP contribution in [0.3, 0.4) is 0 Å². The maximum Gasteiger partial charge on any atom is 0.321 e. The second-order valence-electron chi connectivity index (χ2n) is 6.44. The molecule has 1 unspecified atom stereocenters. The predicted octanol–water partition coefficient (Wildman–Crippen LogP) is 0.381. The number of anilines is 1. The topological polar surface area (TPSA) is 91.7 Å². The highest BCUT2D eigenvalue weighted by Crippen LogP contribution is 2.17. The summed E-state index contributed by atoms with van der Waals surface area (Å²) in [5.74, 6) is -0.596. The fraction of sp³-hybridized carbons (Fsp3) is 0.500. The van der Waals surface area contributed by atoms with Crippen molar-refractivity contribution in [1.29, 1.82) is 0 Å². The van der Waals surface area contributed by atoms with Gasteiger partial charge in [0.2, 0.25) is 0 Å². The third-order valence-corrected chi connectivity index (χ3v) is 4.05. The van der Waals surface area contributed by atoms with E-state index in [9.17, 15) is 14.4 Å². The highest BCUT2D eigenvalue weighted by Gasteiger charge is 2.17. The van der Waals surface area contributed by atoms with Gasteiger partial charge in [-0.25, -0.2) is 4.79 Å². The molecule has 0 radical (unpaired) electrons. The number of aryl methyl sites for hydroxylation is 1. The van der Waals surface area contributed by atoms with E-state index in [2.05, 4.69) is 16.0 Å². The van der Waals surface area contributed by atoms with Gasteiger partial charge in [0, 0.05) is 11.7 Å². The van der Waals surface area contributed by atoms with Crippen LogP contribution in [0.15, 0.2) is 18.2 Å². The van der Waals surface area contributed by atoms with Crippen molar-refractivity contribution in [3.63, 3.8) is 0 Å². The number of likely N-dealkylation sites (N-methyl/N-ethyl adjacent to an activating group) is 1. The molecule has 0 aliphatic carbocycles. The molecule has 0 fully saturated rings. The van der Waals surface area contributed by atoms with Crippen molar-refractivity contribution in [3.05, 3.63) is 29.3 Å². The first-order valence-electron chi connectivity index (χ1n) is 8.50. The van der Waals surface area contributed by atoms with Crippen LogP contribution in [0.1, 0.15) is 31.4 Å². The quantitative estimate of drug-likeness (QED) is 0.574. The maximum atomic E-state index is 12.1. The second kappa shape index (κ2) is 9.78. The fourth-order valence-corrected chi connectivity index (χ4v) is 2.22. The molecule has 7 nitrogen and oxygen atoms in total. The highest BCUT2D eigenvalue weighted by molar-refractivity contribution is 5.95. The van der Waals surface area contributed by atoms with E-state index in [1.54, 1.807) is 7.05 Å². The summed E-state index contributed by atoms with van der Waals surface area (Å²) in [6.45, 7) is 7.91. The summed E-state index contributed by atoms with van der Waals surface area (Å²) >= 11 is 0. The summed E-state index contributed by atoms with van der Waals surface area (Å²) in [4.78, 5) is 36.3. The van der Waals surface area contributed by atoms with Crippen LogP contribution in [0.25, 0.3) is 0 Å². The Morgan fingerprint density at radius 1 is 1.12 bits per heavy atom. The Hall–Kier alpha value is -2.41. The molecule has 0 spiro atoms. The average Bonchev–Trinajstić information content (AvgIpc) is 2.50. The molecular weight excluding hydrogens is 320 g/mol. The molecule has 2 atom stereocenters. The predicted molar refractivity (Wildman–Crippen MR) is 97.6 cm³/mol. The molecule has 0 aliphatic rings. The molecular formula is C18H29N4O3+. The van der Waals surface area contributed by atoms with E-state index < -0.39 is 11.9 Å². The number of quaternary nitrogens is 1. The van der Waals surface area contributed by atoms with Gasteiger partial charge >= 0.3 is 6.03 Å². The third-order valence-electron chi connectivity index (χ3n) is 4.05. The lowest BCUT2D eigenvalue weighted by Crippen LogP contribution is -3.11. The largest absolute Gasteiger partial charge is 0.335 e. The van der Waals surface area contributed by atoms with Crippen molar-refractivity contribution in [2.75, 3.05) is 25.5 Å². The van der Waals surface area contributed by atoms with Gasteiger partial charge in [-0.15, -0.1) is 0 Å². The fourth-order valence-electron chi connectivity index (χ4n) is 2.22. The highest BCUT2D eigenvalue weighted by atomic mass is 16.2. The summed E-state index contributed by atoms with van der Waals surface area (Å²) in [6.07, 6.45) is 0.783. The number of hydrogen-bond donors (Lipinski definition) is 4. The molecule has 138 valence electrons. The number of carbonyl (C=O) groups is 3. The van der Waals surface area contributed by atoms with Crippen LogP contribution < -0.4 is 20.9 Å². The van der Waals surface area contributed by atoms with Crippen LogP contribution in [0.4, 0.5) is 10.5 Å². The Kier molecular flexibility index (Phi) is 8.07. The van der Waals surface area contributed by atoms with E-state index in [1.165, 1.54) is 0 Å². The lowest BCUT2D eigenvalue weighted by atomic mass is 10.1. The average molecular weight is 349 g/mol. The Morgan fingerprint density at radius 2 is 1.76 bits per heavy atom. The molecule has 25 heavy (non-hydrogen) atoms. The minimum Gasteiger partial charge on any atom is -0.335 e. The standard InChI is InChI=1S/C18H28N4O3/c1-6-13(3)19-18(25)21-17(24)11-22(5)10-16(23)20-15-9-7-8-12(2)14(15)4/h7-9,13H,6,10-11H2,1-5H3,(H,20,23)(H2,19,21,24,25)/p+1/t13-/m0/s1. The van der Waals surface area contributed by atoms with Crippen molar-refractivity contribution < 1.29 is 19.3 Å². The molecule has 1 rings (SSSR count). The molecule has 4 amide bonds. The summed E-state index contributed by atoms with van der Waals surface area (Å²) in [7, 11) is 1.73. The monoisotopic (exact) mass is 349 g/mol. The zero-order valence-corrected chi connectivity index (χ0v) is 15.7. The van der Waals surface area contributed by atoms with Crippen LogP contribution in [-0.4, -0.2) is 44.0 Å². The lowest BCUT2D eigenvalue weighted by Gasteiger charge is -2.15. The lowest BCUT2D eigenvalue weighted by molar-refractivity contribution is -0.862. The van der Waals surface area contributed by atoms with Gasteiger partial charge < -0.3 is 15.5 Å². The zero-order valence-electron chi connectivity index (χ0n) is 15.7. The Balaban J connectivity index is 2.43. The summed E-state index contributed by atoms with van der Waals surface area (Å²) in [5.41, 5.74) is 2.90. The normalized spacial score (nSPS) is 12.8. The zero-order chi connectivity index (χ0) is 19.0. The SMILES string of the molecule is CC[C@H](C)NC(=O)NC(=O)C[NH+](C)CC(=O)Nc1cccc(C)c1C. The van der Waals surface area contributed by atoms with Crippen LogP contribution >= 0.6 is 0 Å². The number of nitrogens with one attached hydrogen (secondary N) is 4. The molecule has 1 aromatic rings. The van der Waals surface area contributed by atoms with E-state index >= 15 is 0 Å². The van der Waals surface area contributed by atoms with E-state index in [4.69, 9.17) is 0 Å². The molecule has 0 saturated heterocycles. The summed E-state index contributed by atoms with van der Waals surface area (Å²) in [5, 5.41) is 7.79. The smallest absolute Gasteiger partial charge is 0.321 e. The maximum absolute atomic E-state index is 12.1. The molecule has 1 aromatic carbocycles. The molecule has 7 heteroatoms. The van der Waals surface area contributed by atoms with Gasteiger partial charge in [0.25, 0.3) is 11.8 Å². The van der Waals surface area contributed by atoms with Crippen molar-refractivity contribution in [2.45, 2.75) is 40.2 Å². The number of amides is 4.